The Balaban J connectivity index is 3.25. The smallest absolute Gasteiger partial charge is 0.0432 e. The molecular weight excluding hydrogens is 150 g/mol. The summed E-state index contributed by atoms with van der Waals surface area (Å²) < 4.78 is 0. The second kappa shape index (κ2) is 8.28. The van der Waals surface area contributed by atoms with Crippen LogP contribution in [0.4, 0.5) is 0 Å². The molecule has 0 bridgehead atoms. The second-order valence-corrected chi connectivity index (χ2v) is 3.30. The van der Waals surface area contributed by atoms with Crippen LogP contribution in [0.5, 0.6) is 0 Å². The summed E-state index contributed by atoms with van der Waals surface area (Å²) in [6.07, 6.45) is 6.28. The predicted octanol–water partition coefficient (Wildman–Crippen LogP) is 2.01. The first-order valence-corrected chi connectivity index (χ1v) is 5.42. The highest BCUT2D eigenvalue weighted by atomic mass is 28.1. The molecule has 11 heavy (non-hydrogen) atoms. The number of hydrogen-bond donors (Lipinski definition) is 0. The Bertz CT molecular complexity index is 68.0. The molecular formula is C9H20NSi. The third-order valence-corrected chi connectivity index (χ3v) is 2.33. The lowest BCUT2D eigenvalue weighted by molar-refractivity contribution is 0.306. The van der Waals surface area contributed by atoms with Gasteiger partial charge in [0.25, 0.3) is 0 Å². The lowest BCUT2D eigenvalue weighted by Gasteiger charge is -2.19. The van der Waals surface area contributed by atoms with Gasteiger partial charge in [-0.05, 0) is 32.1 Å². The molecule has 0 fully saturated rings. The predicted molar refractivity (Wildman–Crippen MR) is 52.0 cm³/mol. The highest BCUT2D eigenvalue weighted by Crippen LogP contribution is 1.96. The third kappa shape index (κ3) is 6.57. The molecule has 0 aromatic heterocycles. The van der Waals surface area contributed by atoms with E-state index in [-0.39, 0.29) is 0 Å². The molecule has 0 atom stereocenters. The van der Waals surface area contributed by atoms with Gasteiger partial charge < -0.3 is 4.90 Å². The van der Waals surface area contributed by atoms with Crippen molar-refractivity contribution in [2.45, 2.75) is 39.5 Å². The van der Waals surface area contributed by atoms with Crippen molar-refractivity contribution in [1.82, 2.24) is 4.90 Å². The Hall–Kier alpha value is 0.177. The van der Waals surface area contributed by atoms with Gasteiger partial charge in [0.1, 0.15) is 0 Å². The van der Waals surface area contributed by atoms with E-state index in [9.17, 15) is 0 Å². The van der Waals surface area contributed by atoms with Crippen LogP contribution in [0.1, 0.15) is 39.5 Å². The van der Waals surface area contributed by atoms with Crippen molar-refractivity contribution in [3.63, 3.8) is 0 Å². The molecule has 0 saturated heterocycles. The quantitative estimate of drug-likeness (QED) is 0.528. The van der Waals surface area contributed by atoms with Gasteiger partial charge in [-0.25, -0.2) is 0 Å². The molecule has 0 saturated carbocycles. The highest BCUT2D eigenvalue weighted by Gasteiger charge is 1.98. The summed E-state index contributed by atoms with van der Waals surface area (Å²) in [6, 6.07) is 0. The average Bonchev–Trinajstić information content (AvgIpc) is 2.05. The van der Waals surface area contributed by atoms with Crippen molar-refractivity contribution in [3.05, 3.63) is 0 Å². The summed E-state index contributed by atoms with van der Waals surface area (Å²) in [6.45, 7) is 6.98. The molecule has 0 amide bonds. The highest BCUT2D eigenvalue weighted by molar-refractivity contribution is 6.08. The molecule has 0 aliphatic rings. The largest absolute Gasteiger partial charge is 0.307 e. The molecule has 1 nitrogen and oxygen atoms in total. The fourth-order valence-corrected chi connectivity index (χ4v) is 1.35. The van der Waals surface area contributed by atoms with E-state index in [1.807, 2.05) is 0 Å². The van der Waals surface area contributed by atoms with Gasteiger partial charge in [-0.2, -0.15) is 0 Å². The molecule has 0 unspecified atom stereocenters. The van der Waals surface area contributed by atoms with Crippen molar-refractivity contribution in [2.75, 3.05) is 19.3 Å². The zero-order chi connectivity index (χ0) is 8.53. The summed E-state index contributed by atoms with van der Waals surface area (Å²) in [5.74, 6) is 0. The molecule has 0 aliphatic carbocycles. The Kier molecular flexibility index (Phi) is 8.41. The van der Waals surface area contributed by atoms with E-state index in [0.717, 1.165) is 6.17 Å². The second-order valence-electron chi connectivity index (χ2n) is 2.98. The van der Waals surface area contributed by atoms with Crippen LogP contribution in [-0.2, 0) is 0 Å². The van der Waals surface area contributed by atoms with Crippen molar-refractivity contribution in [2.24, 2.45) is 0 Å². The van der Waals surface area contributed by atoms with E-state index >= 15 is 0 Å². The van der Waals surface area contributed by atoms with Gasteiger partial charge in [0.15, 0.2) is 0 Å². The van der Waals surface area contributed by atoms with Crippen molar-refractivity contribution < 1.29 is 0 Å². The summed E-state index contributed by atoms with van der Waals surface area (Å²) in [5.41, 5.74) is 0. The molecule has 0 aliphatic heterocycles. The van der Waals surface area contributed by atoms with E-state index in [2.05, 4.69) is 29.0 Å². The molecule has 0 heterocycles. The van der Waals surface area contributed by atoms with E-state index in [4.69, 9.17) is 0 Å². The molecule has 0 rings (SSSR count). The van der Waals surface area contributed by atoms with Gasteiger partial charge in [0.05, 0.1) is 0 Å². The van der Waals surface area contributed by atoms with Crippen molar-refractivity contribution >= 4 is 10.2 Å². The molecule has 2 heteroatoms. The SMILES string of the molecule is CCCCN(C[Si])CCCC. The minimum Gasteiger partial charge on any atom is -0.307 e. The Morgan fingerprint density at radius 2 is 1.45 bits per heavy atom. The third-order valence-electron chi connectivity index (χ3n) is 1.88. The summed E-state index contributed by atoms with van der Waals surface area (Å²) >= 11 is 0. The maximum Gasteiger partial charge on any atom is 0.0432 e. The van der Waals surface area contributed by atoms with Crippen molar-refractivity contribution in [3.8, 4) is 0 Å². The minimum atomic E-state index is 1.03. The van der Waals surface area contributed by atoms with E-state index in [0.29, 0.717) is 0 Å². The molecule has 3 radical (unpaired) electrons. The van der Waals surface area contributed by atoms with Gasteiger partial charge >= 0.3 is 0 Å². The van der Waals surface area contributed by atoms with Crippen LogP contribution < -0.4 is 0 Å². The number of rotatable bonds is 7. The van der Waals surface area contributed by atoms with Gasteiger partial charge in [-0.1, -0.05) is 26.7 Å². The van der Waals surface area contributed by atoms with Gasteiger partial charge in [-0.15, -0.1) is 0 Å². The van der Waals surface area contributed by atoms with Gasteiger partial charge in [0, 0.05) is 10.2 Å². The van der Waals surface area contributed by atoms with E-state index < -0.39 is 0 Å². The Labute approximate surface area is 74.6 Å². The standard InChI is InChI=1S/C9H20NSi/c1-3-5-7-10(9-11)8-6-4-2/h3-9H2,1-2H3. The van der Waals surface area contributed by atoms with Crippen molar-refractivity contribution in [1.29, 1.82) is 0 Å². The zero-order valence-corrected chi connectivity index (χ0v) is 8.90. The maximum absolute atomic E-state index is 3.55. The first kappa shape index (κ1) is 11.2. The van der Waals surface area contributed by atoms with E-state index in [1.165, 1.54) is 38.8 Å². The van der Waals surface area contributed by atoms with Gasteiger partial charge in [-0.3, -0.25) is 0 Å². The zero-order valence-electron chi connectivity index (χ0n) is 7.90. The monoisotopic (exact) mass is 170 g/mol. The fourth-order valence-electron chi connectivity index (χ4n) is 1.03. The summed E-state index contributed by atoms with van der Waals surface area (Å²) in [7, 11) is 3.55. The lowest BCUT2D eigenvalue weighted by atomic mass is 10.3. The lowest BCUT2D eigenvalue weighted by Crippen LogP contribution is -2.27. The summed E-state index contributed by atoms with van der Waals surface area (Å²) in [5, 5.41) is 0. The van der Waals surface area contributed by atoms with Crippen LogP contribution in [0.2, 0.25) is 0 Å². The van der Waals surface area contributed by atoms with Crippen LogP contribution in [0.15, 0.2) is 0 Å². The normalized spacial score (nSPS) is 10.9. The molecule has 0 aromatic carbocycles. The summed E-state index contributed by atoms with van der Waals surface area (Å²) in [4.78, 5) is 2.46. The molecule has 0 aromatic rings. The molecule has 0 N–H and O–H groups in total. The number of hydrogen-bond acceptors (Lipinski definition) is 1. The van der Waals surface area contributed by atoms with Crippen LogP contribution in [0, 0.1) is 0 Å². The first-order valence-electron chi connectivity index (χ1n) is 4.72. The van der Waals surface area contributed by atoms with Crippen LogP contribution in [0.25, 0.3) is 0 Å². The minimum absolute atomic E-state index is 1.03. The Morgan fingerprint density at radius 1 is 1.00 bits per heavy atom. The maximum atomic E-state index is 3.55. The molecule has 65 valence electrons. The van der Waals surface area contributed by atoms with Crippen LogP contribution >= 0.6 is 0 Å². The van der Waals surface area contributed by atoms with Gasteiger partial charge in [0.2, 0.25) is 0 Å². The fraction of sp³-hybridized carbons (Fsp3) is 1.00. The first-order chi connectivity index (χ1) is 5.35. The molecule has 0 spiro atoms. The topological polar surface area (TPSA) is 3.24 Å². The van der Waals surface area contributed by atoms with E-state index in [1.54, 1.807) is 0 Å². The number of unbranched alkanes of at least 4 members (excludes halogenated alkanes) is 2. The average molecular weight is 170 g/mol. The Morgan fingerprint density at radius 3 is 1.73 bits per heavy atom. The number of nitrogens with zero attached hydrogens (tertiary/aromatic N) is 1. The van der Waals surface area contributed by atoms with Crippen LogP contribution in [0.3, 0.4) is 0 Å². The van der Waals surface area contributed by atoms with Crippen LogP contribution in [-0.4, -0.2) is 34.4 Å².